The van der Waals surface area contributed by atoms with Crippen LogP contribution in [0.15, 0.2) is 72.8 Å². The second-order valence-corrected chi connectivity index (χ2v) is 24.1. The van der Waals surface area contributed by atoms with E-state index in [1.54, 1.807) is 52.2 Å². The number of benzene rings is 3. The topological polar surface area (TPSA) is 239 Å². The Balaban J connectivity index is 0.999. The van der Waals surface area contributed by atoms with E-state index in [1.807, 2.05) is 77.9 Å². The van der Waals surface area contributed by atoms with Crippen molar-refractivity contribution >= 4 is 47.3 Å². The van der Waals surface area contributed by atoms with E-state index in [-0.39, 0.29) is 86.3 Å². The Hall–Kier alpha value is -6.66. The highest BCUT2D eigenvalue weighted by Gasteiger charge is 2.48. The Morgan fingerprint density at radius 2 is 0.885 bits per heavy atom. The Labute approximate surface area is 460 Å². The summed E-state index contributed by atoms with van der Waals surface area (Å²) in [6.07, 6.45) is 5.54. The van der Waals surface area contributed by atoms with E-state index >= 15 is 0 Å². The molecule has 422 valence electrons. The van der Waals surface area contributed by atoms with Gasteiger partial charge in [0.1, 0.15) is 24.2 Å². The highest BCUT2D eigenvalue weighted by atomic mass is 16.2. The number of carbonyl (C=O) groups excluding carboxylic acids is 8. The molecule has 0 aromatic heterocycles. The van der Waals surface area contributed by atoms with Crippen molar-refractivity contribution in [2.45, 2.75) is 180 Å². The van der Waals surface area contributed by atoms with Crippen LogP contribution in [0.5, 0.6) is 0 Å². The van der Waals surface area contributed by atoms with E-state index < -0.39 is 71.0 Å². The molecule has 2 aliphatic heterocycles. The second-order valence-electron chi connectivity index (χ2n) is 24.1. The first-order chi connectivity index (χ1) is 36.9. The van der Waals surface area contributed by atoms with Gasteiger partial charge in [-0.15, -0.1) is 0 Å². The Bertz CT molecular complexity index is 2500. The summed E-state index contributed by atoms with van der Waals surface area (Å²) in [4.78, 5) is 115. The summed E-state index contributed by atoms with van der Waals surface area (Å²) < 4.78 is 0. The van der Waals surface area contributed by atoms with Crippen LogP contribution in [0.1, 0.15) is 139 Å². The van der Waals surface area contributed by atoms with Gasteiger partial charge in [-0.3, -0.25) is 38.4 Å². The molecule has 10 atom stereocenters. The molecule has 2 fully saturated rings. The molecule has 10 unspecified atom stereocenters. The number of hydrogen-bond donors (Lipinski definition) is 8. The lowest BCUT2D eigenvalue weighted by Gasteiger charge is -2.36. The molecule has 0 saturated carbocycles. The van der Waals surface area contributed by atoms with Gasteiger partial charge in [0.05, 0.1) is 37.0 Å². The van der Waals surface area contributed by atoms with Crippen molar-refractivity contribution in [2.75, 3.05) is 27.2 Å². The van der Waals surface area contributed by atoms with Crippen molar-refractivity contribution in [3.63, 3.8) is 0 Å². The fourth-order valence-corrected chi connectivity index (χ4v) is 11.3. The first-order valence-electron chi connectivity index (χ1n) is 27.9. The van der Waals surface area contributed by atoms with E-state index in [2.05, 4.69) is 54.7 Å². The highest BCUT2D eigenvalue weighted by molar-refractivity contribution is 5.96. The molecule has 78 heavy (non-hydrogen) atoms. The molecule has 3 aromatic carbocycles. The molecule has 0 spiro atoms. The lowest BCUT2D eigenvalue weighted by atomic mass is 9.85. The predicted octanol–water partition coefficient (Wildman–Crippen LogP) is 3.61. The van der Waals surface area contributed by atoms with Gasteiger partial charge in [0.15, 0.2) is 0 Å². The Morgan fingerprint density at radius 1 is 0.526 bits per heavy atom. The fraction of sp³-hybridized carbons (Fsp3) is 0.567. The fourth-order valence-electron chi connectivity index (χ4n) is 11.3. The minimum absolute atomic E-state index is 0.000931. The molecule has 8 amide bonds. The number of nitrogens with zero attached hydrogens (tertiary/aromatic N) is 2. The van der Waals surface area contributed by atoms with Gasteiger partial charge < -0.3 is 52.3 Å². The SMILES string of the molecule is CNC(C)C(=O)NC(C(=O)N1CC(NC(=O)Cc2ccc(CC(=O)NC3CC(C(=O)NC4CCCc5ccccc54)N(C(=O)C(NC(=O)C(C)NC)C(C)(C)C)C3)cc2)CC1C(=O)NC1CCCc2ccccc21)C(C)(C)C. The number of rotatable bonds is 18. The molecular formula is C60H84N10O8. The quantitative estimate of drug-likeness (QED) is 0.0922. The smallest absolute Gasteiger partial charge is 0.246 e. The van der Waals surface area contributed by atoms with Crippen LogP contribution in [0.4, 0.5) is 0 Å². The molecule has 4 aliphatic rings. The average molecular weight is 1070 g/mol. The zero-order valence-electron chi connectivity index (χ0n) is 47.3. The van der Waals surface area contributed by atoms with Crippen LogP contribution in [0, 0.1) is 10.8 Å². The van der Waals surface area contributed by atoms with Crippen LogP contribution < -0.4 is 42.5 Å². The minimum Gasteiger partial charge on any atom is -0.351 e. The maximum Gasteiger partial charge on any atom is 0.246 e. The van der Waals surface area contributed by atoms with Crippen LogP contribution in [0.25, 0.3) is 0 Å². The standard InChI is InChI=1S/C60H84N10O8/c1-35(61-9)53(73)67-51(59(3,4)5)57(77)69-33-41(31-47(69)55(75)65-45-23-15-19-39-17-11-13-21-43(39)45)63-49(71)29-37-25-27-38(28-26-37)30-50(72)64-42-32-48(56(76)66-46-24-16-20-40-18-12-14-22-44(40)46)70(34-42)58(78)52(60(6,7)8)68-54(74)36(2)62-10/h11-14,17-18,21-22,25-28,35-36,41-42,45-48,51-52,61-62H,15-16,19-20,23-24,29-34H2,1-10H3,(H,63,71)(H,64,72)(H,65,75)(H,66,76)(H,67,73)(H,68,74). The molecular weight excluding hydrogens is 989 g/mol. The predicted molar refractivity (Wildman–Crippen MR) is 298 cm³/mol. The van der Waals surface area contributed by atoms with Gasteiger partial charge in [-0.25, -0.2) is 0 Å². The van der Waals surface area contributed by atoms with Crippen molar-refractivity contribution < 1.29 is 38.4 Å². The molecule has 0 radical (unpaired) electrons. The maximum absolute atomic E-state index is 14.6. The van der Waals surface area contributed by atoms with Gasteiger partial charge in [0.25, 0.3) is 0 Å². The number of fused-ring (bicyclic) bond motifs is 2. The van der Waals surface area contributed by atoms with Gasteiger partial charge in [0.2, 0.25) is 47.3 Å². The zero-order valence-corrected chi connectivity index (χ0v) is 47.3. The lowest BCUT2D eigenvalue weighted by molar-refractivity contribution is -0.144. The minimum atomic E-state index is -0.952. The van der Waals surface area contributed by atoms with Crippen molar-refractivity contribution in [3.8, 4) is 0 Å². The summed E-state index contributed by atoms with van der Waals surface area (Å²) in [6, 6.07) is 16.8. The van der Waals surface area contributed by atoms with Crippen molar-refractivity contribution in [1.29, 1.82) is 0 Å². The number of likely N-dealkylation sites (tertiary alicyclic amines) is 2. The van der Waals surface area contributed by atoms with Crippen LogP contribution in [0.3, 0.4) is 0 Å². The van der Waals surface area contributed by atoms with Gasteiger partial charge >= 0.3 is 0 Å². The van der Waals surface area contributed by atoms with E-state index in [0.717, 1.165) is 49.7 Å². The van der Waals surface area contributed by atoms with Crippen LogP contribution >= 0.6 is 0 Å². The zero-order chi connectivity index (χ0) is 56.6. The monoisotopic (exact) mass is 1070 g/mol. The molecule has 18 heteroatoms. The molecule has 18 nitrogen and oxygen atoms in total. The number of aryl methyl sites for hydroxylation is 2. The molecule has 2 aliphatic carbocycles. The first-order valence-corrected chi connectivity index (χ1v) is 27.9. The summed E-state index contributed by atoms with van der Waals surface area (Å²) >= 11 is 0. The molecule has 2 heterocycles. The first kappa shape index (κ1) is 59.0. The second kappa shape index (κ2) is 25.4. The van der Waals surface area contributed by atoms with E-state index in [4.69, 9.17) is 0 Å². The largest absolute Gasteiger partial charge is 0.351 e. The van der Waals surface area contributed by atoms with E-state index in [1.165, 1.54) is 20.9 Å². The Kier molecular flexibility index (Phi) is 19.2. The third kappa shape index (κ3) is 14.5. The van der Waals surface area contributed by atoms with Crippen LogP contribution in [0.2, 0.25) is 0 Å². The molecule has 7 rings (SSSR count). The van der Waals surface area contributed by atoms with Crippen molar-refractivity contribution in [2.24, 2.45) is 10.8 Å². The summed E-state index contributed by atoms with van der Waals surface area (Å²) in [5.74, 6) is -2.74. The summed E-state index contributed by atoms with van der Waals surface area (Å²) in [6.45, 7) is 14.7. The van der Waals surface area contributed by atoms with Gasteiger partial charge in [-0.05, 0) is 124 Å². The number of likely N-dealkylation sites (N-methyl/N-ethyl adjacent to an activating group) is 2. The van der Waals surface area contributed by atoms with Crippen LogP contribution in [-0.4, -0.2) is 133 Å². The molecule has 0 bridgehead atoms. The molecule has 3 aromatic rings. The third-order valence-electron chi connectivity index (χ3n) is 16.1. The summed E-state index contributed by atoms with van der Waals surface area (Å²) in [5, 5.41) is 24.3. The van der Waals surface area contributed by atoms with Gasteiger partial charge in [-0.2, -0.15) is 0 Å². The summed E-state index contributed by atoms with van der Waals surface area (Å²) in [7, 11) is 3.33. The Morgan fingerprint density at radius 3 is 1.23 bits per heavy atom. The highest BCUT2D eigenvalue weighted by Crippen LogP contribution is 2.34. The van der Waals surface area contributed by atoms with E-state index in [0.29, 0.717) is 11.1 Å². The van der Waals surface area contributed by atoms with Gasteiger partial charge in [0, 0.05) is 25.2 Å². The number of amides is 8. The number of hydrogen-bond acceptors (Lipinski definition) is 10. The molecule has 8 N–H and O–H groups in total. The maximum atomic E-state index is 14.6. The molecule has 2 saturated heterocycles. The normalized spacial score (nSPS) is 22.6. The van der Waals surface area contributed by atoms with E-state index in [9.17, 15) is 38.4 Å². The van der Waals surface area contributed by atoms with Crippen molar-refractivity contribution in [3.05, 3.63) is 106 Å². The lowest BCUT2D eigenvalue weighted by Crippen LogP contribution is -2.59. The van der Waals surface area contributed by atoms with Crippen molar-refractivity contribution in [1.82, 2.24) is 52.3 Å². The summed E-state index contributed by atoms with van der Waals surface area (Å²) in [5.41, 5.74) is 4.44. The number of nitrogens with one attached hydrogen (secondary N) is 8. The van der Waals surface area contributed by atoms with Crippen LogP contribution in [-0.2, 0) is 64.0 Å². The number of carbonyl (C=O) groups is 8. The average Bonchev–Trinajstić information content (AvgIpc) is 4.14. The third-order valence-corrected chi connectivity index (χ3v) is 16.1. The van der Waals surface area contributed by atoms with Gasteiger partial charge in [-0.1, -0.05) is 114 Å².